The summed E-state index contributed by atoms with van der Waals surface area (Å²) in [6.07, 6.45) is 2.00. The summed E-state index contributed by atoms with van der Waals surface area (Å²) in [5.74, 6) is 1.03. The van der Waals surface area contributed by atoms with Crippen molar-refractivity contribution >= 4 is 27.3 Å². The van der Waals surface area contributed by atoms with Gasteiger partial charge < -0.3 is 14.4 Å². The molecule has 26 heavy (non-hydrogen) atoms. The second-order valence-corrected chi connectivity index (χ2v) is 9.27. The summed E-state index contributed by atoms with van der Waals surface area (Å²) >= 11 is 6.27. The second kappa shape index (κ2) is 8.02. The molecule has 0 saturated carbocycles. The highest BCUT2D eigenvalue weighted by Gasteiger charge is 2.25. The van der Waals surface area contributed by atoms with Gasteiger partial charge in [-0.15, -0.1) is 0 Å². The van der Waals surface area contributed by atoms with E-state index >= 15 is 0 Å². The van der Waals surface area contributed by atoms with E-state index in [2.05, 4.69) is 4.90 Å². The molecule has 0 bridgehead atoms. The molecular weight excluding hydrogens is 380 g/mol. The van der Waals surface area contributed by atoms with Crippen molar-refractivity contribution in [2.24, 2.45) is 0 Å². The molecule has 0 aromatic heterocycles. The lowest BCUT2D eigenvalue weighted by molar-refractivity contribution is 0.0643. The first-order valence-corrected chi connectivity index (χ1v) is 11.1. The highest BCUT2D eigenvalue weighted by Crippen LogP contribution is 2.38. The molecule has 2 heterocycles. The van der Waals surface area contributed by atoms with Gasteiger partial charge in [0.2, 0.25) is 0 Å². The first kappa shape index (κ1) is 19.3. The van der Waals surface area contributed by atoms with Gasteiger partial charge in [-0.2, -0.15) is 0 Å². The van der Waals surface area contributed by atoms with Gasteiger partial charge in [-0.3, -0.25) is 9.69 Å². The first-order chi connectivity index (χ1) is 12.3. The quantitative estimate of drug-likeness (QED) is 0.755. The molecule has 2 aliphatic rings. The lowest BCUT2D eigenvalue weighted by Gasteiger charge is -2.34. The number of hydrogen-bond donors (Lipinski definition) is 0. The Bertz CT molecular complexity index is 776. The number of benzene rings is 1. The van der Waals surface area contributed by atoms with Crippen molar-refractivity contribution in [3.63, 3.8) is 0 Å². The molecule has 0 radical (unpaired) electrons. The molecule has 0 unspecified atom stereocenters. The van der Waals surface area contributed by atoms with Crippen LogP contribution < -0.4 is 9.47 Å². The van der Waals surface area contributed by atoms with Crippen LogP contribution in [0.25, 0.3) is 0 Å². The summed E-state index contributed by atoms with van der Waals surface area (Å²) in [5.41, 5.74) is 0.476. The van der Waals surface area contributed by atoms with Crippen LogP contribution in [0.15, 0.2) is 12.1 Å². The molecule has 1 aromatic carbocycles. The topological polar surface area (TPSA) is 76.2 Å². The van der Waals surface area contributed by atoms with E-state index in [-0.39, 0.29) is 11.7 Å². The number of ether oxygens (including phenoxy) is 2. The van der Waals surface area contributed by atoms with Crippen LogP contribution in [0.4, 0.5) is 0 Å². The van der Waals surface area contributed by atoms with E-state index in [0.717, 1.165) is 6.42 Å². The summed E-state index contributed by atoms with van der Waals surface area (Å²) in [7, 11) is -2.98. The Kier molecular flexibility index (Phi) is 5.94. The van der Waals surface area contributed by atoms with Gasteiger partial charge >= 0.3 is 0 Å². The number of carbonyl (C=O) groups is 1. The number of halogens is 1. The van der Waals surface area contributed by atoms with Gasteiger partial charge in [0.1, 0.15) is 9.84 Å². The molecule has 7 nitrogen and oxygen atoms in total. The van der Waals surface area contributed by atoms with Crippen molar-refractivity contribution in [1.29, 1.82) is 0 Å². The van der Waals surface area contributed by atoms with Crippen LogP contribution in [-0.4, -0.2) is 82.1 Å². The number of rotatable bonds is 4. The molecule has 0 atom stereocenters. The predicted octanol–water partition coefficient (Wildman–Crippen LogP) is 1.30. The normalized spacial score (nSPS) is 18.5. The summed E-state index contributed by atoms with van der Waals surface area (Å²) in [4.78, 5) is 16.6. The second-order valence-electron chi connectivity index (χ2n) is 6.60. The zero-order chi connectivity index (χ0) is 18.7. The molecule has 0 aliphatic carbocycles. The van der Waals surface area contributed by atoms with Crippen LogP contribution in [0.1, 0.15) is 16.8 Å². The van der Waals surface area contributed by atoms with E-state index in [0.29, 0.717) is 68.0 Å². The summed E-state index contributed by atoms with van der Waals surface area (Å²) in [6.45, 7) is 3.97. The highest BCUT2D eigenvalue weighted by atomic mass is 35.5. The standard InChI is InChI=1S/C17H23ClN2O5S/c1-26(22,23)10-7-19-3-5-20(6-4-19)17(21)13-11-14(18)16-15(12-13)24-8-2-9-25-16/h11-12H,2-10H2,1H3. The van der Waals surface area contributed by atoms with Crippen molar-refractivity contribution < 1.29 is 22.7 Å². The van der Waals surface area contributed by atoms with Crippen LogP contribution in [0.5, 0.6) is 11.5 Å². The number of sulfone groups is 1. The average molecular weight is 403 g/mol. The van der Waals surface area contributed by atoms with Crippen LogP contribution in [-0.2, 0) is 9.84 Å². The van der Waals surface area contributed by atoms with E-state index in [1.54, 1.807) is 17.0 Å². The monoisotopic (exact) mass is 402 g/mol. The third-order valence-corrected chi connectivity index (χ3v) is 5.69. The first-order valence-electron chi connectivity index (χ1n) is 8.62. The number of carbonyl (C=O) groups excluding carboxylic acids is 1. The minimum atomic E-state index is -2.98. The van der Waals surface area contributed by atoms with Crippen molar-refractivity contribution in [1.82, 2.24) is 9.80 Å². The summed E-state index contributed by atoms with van der Waals surface area (Å²) < 4.78 is 33.8. The fraction of sp³-hybridized carbons (Fsp3) is 0.588. The molecule has 1 amide bonds. The SMILES string of the molecule is CS(=O)(=O)CCN1CCN(C(=O)c2cc(Cl)c3c(c2)OCCCO3)CC1. The largest absolute Gasteiger partial charge is 0.489 e. The number of hydrogen-bond acceptors (Lipinski definition) is 6. The third kappa shape index (κ3) is 4.81. The van der Waals surface area contributed by atoms with Crippen LogP contribution in [0.2, 0.25) is 5.02 Å². The zero-order valence-electron chi connectivity index (χ0n) is 14.7. The highest BCUT2D eigenvalue weighted by molar-refractivity contribution is 7.90. The zero-order valence-corrected chi connectivity index (χ0v) is 16.3. The molecule has 9 heteroatoms. The van der Waals surface area contributed by atoms with Crippen LogP contribution in [0, 0.1) is 0 Å². The Hall–Kier alpha value is -1.51. The molecule has 2 aliphatic heterocycles. The van der Waals surface area contributed by atoms with Crippen LogP contribution >= 0.6 is 11.6 Å². The number of fused-ring (bicyclic) bond motifs is 1. The van der Waals surface area contributed by atoms with Gasteiger partial charge in [-0.05, 0) is 12.1 Å². The Morgan fingerprint density at radius 2 is 1.85 bits per heavy atom. The van der Waals surface area contributed by atoms with Gasteiger partial charge in [-0.1, -0.05) is 11.6 Å². The van der Waals surface area contributed by atoms with E-state index in [9.17, 15) is 13.2 Å². The Morgan fingerprint density at radius 3 is 2.54 bits per heavy atom. The van der Waals surface area contributed by atoms with E-state index < -0.39 is 9.84 Å². The lowest BCUT2D eigenvalue weighted by atomic mass is 10.1. The number of amides is 1. The molecule has 3 rings (SSSR count). The maximum absolute atomic E-state index is 12.8. The van der Waals surface area contributed by atoms with E-state index in [1.807, 2.05) is 0 Å². The van der Waals surface area contributed by atoms with E-state index in [4.69, 9.17) is 21.1 Å². The molecule has 0 N–H and O–H groups in total. The van der Waals surface area contributed by atoms with Crippen molar-refractivity contribution in [2.45, 2.75) is 6.42 Å². The minimum absolute atomic E-state index is 0.106. The molecular formula is C17H23ClN2O5S. The Balaban J connectivity index is 1.64. The van der Waals surface area contributed by atoms with Crippen LogP contribution in [0.3, 0.4) is 0 Å². The van der Waals surface area contributed by atoms with Gasteiger partial charge in [0, 0.05) is 51.0 Å². The summed E-state index contributed by atoms with van der Waals surface area (Å²) in [6, 6.07) is 3.30. The van der Waals surface area contributed by atoms with Gasteiger partial charge in [0.15, 0.2) is 11.5 Å². The minimum Gasteiger partial charge on any atom is -0.489 e. The molecule has 1 saturated heterocycles. The summed E-state index contributed by atoms with van der Waals surface area (Å²) in [5, 5.41) is 0.375. The van der Waals surface area contributed by atoms with Gasteiger partial charge in [-0.25, -0.2) is 8.42 Å². The van der Waals surface area contributed by atoms with Gasteiger partial charge in [0.25, 0.3) is 5.91 Å². The maximum atomic E-state index is 12.8. The number of piperazine rings is 1. The molecule has 144 valence electrons. The fourth-order valence-corrected chi connectivity index (χ4v) is 3.86. The number of nitrogens with zero attached hydrogens (tertiary/aromatic N) is 2. The van der Waals surface area contributed by atoms with Gasteiger partial charge in [0.05, 0.1) is 24.0 Å². The fourth-order valence-electron chi connectivity index (χ4n) is 3.01. The molecule has 1 fully saturated rings. The Morgan fingerprint density at radius 1 is 1.15 bits per heavy atom. The molecule has 1 aromatic rings. The Labute approximate surface area is 158 Å². The smallest absolute Gasteiger partial charge is 0.254 e. The lowest BCUT2D eigenvalue weighted by Crippen LogP contribution is -2.49. The predicted molar refractivity (Wildman–Crippen MR) is 99.1 cm³/mol. The van der Waals surface area contributed by atoms with Crippen molar-refractivity contribution in [3.8, 4) is 11.5 Å². The van der Waals surface area contributed by atoms with Crippen molar-refractivity contribution in [3.05, 3.63) is 22.7 Å². The third-order valence-electron chi connectivity index (χ3n) is 4.49. The maximum Gasteiger partial charge on any atom is 0.254 e. The molecule has 0 spiro atoms. The van der Waals surface area contributed by atoms with Crippen molar-refractivity contribution in [2.75, 3.05) is 57.9 Å². The average Bonchev–Trinajstić information content (AvgIpc) is 2.85. The van der Waals surface area contributed by atoms with E-state index in [1.165, 1.54) is 6.26 Å².